The smallest absolute Gasteiger partial charge is 0.307 e. The number of thiophene rings is 1. The maximum absolute atomic E-state index is 12.6. The fraction of sp³-hybridized carbons (Fsp3) is 0.457. The van der Waals surface area contributed by atoms with Gasteiger partial charge >= 0.3 is 5.97 Å². The first-order valence-electron chi connectivity index (χ1n) is 16.1. The number of ether oxygens (including phenoxy) is 2. The van der Waals surface area contributed by atoms with Crippen LogP contribution in [0.2, 0.25) is 0 Å². The lowest BCUT2D eigenvalue weighted by Crippen LogP contribution is -2.25. The van der Waals surface area contributed by atoms with Crippen LogP contribution in [0.15, 0.2) is 64.8 Å². The van der Waals surface area contributed by atoms with E-state index in [1.807, 2.05) is 18.2 Å². The summed E-state index contributed by atoms with van der Waals surface area (Å²) in [5, 5.41) is 14.1. The Morgan fingerprint density at radius 1 is 0.867 bits per heavy atom. The zero-order chi connectivity index (χ0) is 31.7. The Morgan fingerprint density at radius 3 is 2.64 bits per heavy atom. The molecule has 0 aliphatic carbocycles. The number of unbranched alkanes of at least 4 members (excludes halogenated alkanes) is 4. The van der Waals surface area contributed by atoms with Gasteiger partial charge in [0.15, 0.2) is 6.73 Å². The number of rotatable bonds is 21. The number of esters is 1. The zero-order valence-corrected chi connectivity index (χ0v) is 27.1. The molecule has 1 amide bonds. The molecule has 0 fully saturated rings. The number of amides is 1. The van der Waals surface area contributed by atoms with Crippen molar-refractivity contribution >= 4 is 49.9 Å². The number of benzene rings is 2. The van der Waals surface area contributed by atoms with Gasteiger partial charge in [-0.1, -0.05) is 32.3 Å². The van der Waals surface area contributed by atoms with E-state index in [2.05, 4.69) is 52.5 Å². The predicted molar refractivity (Wildman–Crippen MR) is 183 cm³/mol. The van der Waals surface area contributed by atoms with E-state index >= 15 is 0 Å². The number of carbonyl (C=O) groups excluding carboxylic acids is 2. The molecule has 2 heterocycles. The molecule has 0 radical (unpaired) electrons. The Morgan fingerprint density at radius 2 is 1.76 bits per heavy atom. The summed E-state index contributed by atoms with van der Waals surface area (Å²) >= 11 is 1.76. The quantitative estimate of drug-likeness (QED) is 0.0714. The number of nitrogens with zero attached hydrogens (tertiary/aromatic N) is 1. The molecule has 0 aliphatic rings. The summed E-state index contributed by atoms with van der Waals surface area (Å²) in [7, 11) is 0. The molecule has 45 heavy (non-hydrogen) atoms. The van der Waals surface area contributed by atoms with Gasteiger partial charge < -0.3 is 25.4 Å². The summed E-state index contributed by atoms with van der Waals surface area (Å²) in [6.45, 7) is 5.59. The van der Waals surface area contributed by atoms with Gasteiger partial charge in [0, 0.05) is 60.4 Å². The van der Waals surface area contributed by atoms with Crippen LogP contribution in [0.5, 0.6) is 5.75 Å². The second-order valence-electron chi connectivity index (χ2n) is 11.1. The zero-order valence-electron chi connectivity index (χ0n) is 26.3. The van der Waals surface area contributed by atoms with Crippen molar-refractivity contribution in [3.63, 3.8) is 0 Å². The van der Waals surface area contributed by atoms with Gasteiger partial charge in [0.25, 0.3) is 5.56 Å². The van der Waals surface area contributed by atoms with Crippen LogP contribution in [0.1, 0.15) is 64.7 Å². The summed E-state index contributed by atoms with van der Waals surface area (Å²) in [4.78, 5) is 36.8. The first-order chi connectivity index (χ1) is 22.0. The molecule has 2 aromatic heterocycles. The molecule has 0 saturated carbocycles. The highest BCUT2D eigenvalue weighted by atomic mass is 32.1. The first-order valence-corrected chi connectivity index (χ1v) is 17.0. The topological polar surface area (TPSA) is 111 Å². The van der Waals surface area contributed by atoms with Crippen LogP contribution in [0.4, 0.5) is 5.69 Å². The molecular formula is C35H46N4O5S. The molecular weight excluding hydrogens is 588 g/mol. The SMILES string of the molecule is CCCCCCC(=O)NCCCC(=O)OCn1c(=O)ccc2ccc(OCCCCNCCNc3cccc4sccc34)cc21. The second kappa shape index (κ2) is 18.8. The van der Waals surface area contributed by atoms with Crippen LogP contribution in [0.25, 0.3) is 21.0 Å². The van der Waals surface area contributed by atoms with Gasteiger partial charge in [-0.2, -0.15) is 0 Å². The Kier molecular flexibility index (Phi) is 14.2. The van der Waals surface area contributed by atoms with Crippen LogP contribution in [-0.4, -0.2) is 49.2 Å². The number of aromatic nitrogens is 1. The van der Waals surface area contributed by atoms with Crippen LogP contribution in [0.3, 0.4) is 0 Å². The molecule has 2 aromatic carbocycles. The van der Waals surface area contributed by atoms with E-state index < -0.39 is 5.97 Å². The number of fused-ring (bicyclic) bond motifs is 2. The standard InChI is InChI=1S/C35H46N4O5S/c1-2-3-4-5-12-33(40)38-20-9-13-35(42)44-26-39-31-25-28(16-14-27(31)15-17-34(39)41)43-23-7-6-19-36-21-22-37-30-10-8-11-32-29(30)18-24-45-32/h8,10-11,14-18,24-25,36-37H,2-7,9,12-13,19-23,26H2,1H3,(H,38,40). The Balaban J connectivity index is 1.12. The van der Waals surface area contributed by atoms with Gasteiger partial charge in [0.05, 0.1) is 12.1 Å². The number of carbonyl (C=O) groups is 2. The van der Waals surface area contributed by atoms with Crippen molar-refractivity contribution in [2.75, 3.05) is 38.1 Å². The number of hydrogen-bond acceptors (Lipinski definition) is 8. The second-order valence-corrected chi connectivity index (χ2v) is 12.0. The molecule has 4 aromatic rings. The number of nitrogens with one attached hydrogen (secondary N) is 3. The van der Waals surface area contributed by atoms with Crippen molar-refractivity contribution in [3.05, 3.63) is 70.3 Å². The van der Waals surface area contributed by atoms with Crippen LogP contribution < -0.4 is 26.2 Å². The highest BCUT2D eigenvalue weighted by Crippen LogP contribution is 2.27. The number of hydrogen-bond donors (Lipinski definition) is 3. The van der Waals surface area contributed by atoms with Crippen LogP contribution in [-0.2, 0) is 21.1 Å². The van der Waals surface area contributed by atoms with Crippen molar-refractivity contribution < 1.29 is 19.1 Å². The van der Waals surface area contributed by atoms with Crippen molar-refractivity contribution in [1.82, 2.24) is 15.2 Å². The summed E-state index contributed by atoms with van der Waals surface area (Å²) in [6, 6.07) is 17.3. The average molecular weight is 635 g/mol. The lowest BCUT2D eigenvalue weighted by Gasteiger charge is -2.13. The van der Waals surface area contributed by atoms with E-state index in [4.69, 9.17) is 9.47 Å². The minimum absolute atomic E-state index is 0.0170. The van der Waals surface area contributed by atoms with Gasteiger partial charge in [-0.3, -0.25) is 19.0 Å². The molecule has 3 N–H and O–H groups in total. The average Bonchev–Trinajstić information content (AvgIpc) is 3.54. The van der Waals surface area contributed by atoms with Gasteiger partial charge in [-0.25, -0.2) is 0 Å². The Labute approximate surface area is 269 Å². The monoisotopic (exact) mass is 634 g/mol. The molecule has 0 saturated heterocycles. The van der Waals surface area contributed by atoms with Gasteiger partial charge in [-0.05, 0) is 79.4 Å². The van der Waals surface area contributed by atoms with E-state index in [1.165, 1.54) is 26.4 Å². The van der Waals surface area contributed by atoms with Crippen LogP contribution >= 0.6 is 11.3 Å². The minimum atomic E-state index is -0.410. The molecule has 0 unspecified atom stereocenters. The largest absolute Gasteiger partial charge is 0.494 e. The highest BCUT2D eigenvalue weighted by Gasteiger charge is 2.09. The van der Waals surface area contributed by atoms with Crippen LogP contribution in [0, 0.1) is 0 Å². The molecule has 242 valence electrons. The van der Waals surface area contributed by atoms with Crippen molar-refractivity contribution in [2.45, 2.75) is 71.4 Å². The summed E-state index contributed by atoms with van der Waals surface area (Å²) < 4.78 is 14.1. The summed E-state index contributed by atoms with van der Waals surface area (Å²) in [5.74, 6) is 0.273. The van der Waals surface area contributed by atoms with Crippen molar-refractivity contribution in [2.24, 2.45) is 0 Å². The Bertz CT molecular complexity index is 1570. The van der Waals surface area contributed by atoms with E-state index in [1.54, 1.807) is 17.4 Å². The van der Waals surface area contributed by atoms with E-state index in [9.17, 15) is 14.4 Å². The first kappa shape index (κ1) is 34.0. The molecule has 0 spiro atoms. The lowest BCUT2D eigenvalue weighted by atomic mass is 10.1. The van der Waals surface area contributed by atoms with Crippen molar-refractivity contribution in [1.29, 1.82) is 0 Å². The van der Waals surface area contributed by atoms with Gasteiger partial charge in [0.1, 0.15) is 5.75 Å². The van der Waals surface area contributed by atoms with Gasteiger partial charge in [0.2, 0.25) is 5.91 Å². The van der Waals surface area contributed by atoms with Gasteiger partial charge in [-0.15, -0.1) is 11.3 Å². The lowest BCUT2D eigenvalue weighted by molar-refractivity contribution is -0.147. The molecule has 4 rings (SSSR count). The molecule has 0 aliphatic heterocycles. The predicted octanol–water partition coefficient (Wildman–Crippen LogP) is 6.44. The summed E-state index contributed by atoms with van der Waals surface area (Å²) in [5.41, 5.74) is 1.57. The third-order valence-corrected chi connectivity index (χ3v) is 8.47. The van der Waals surface area contributed by atoms with E-state index in [0.29, 0.717) is 37.3 Å². The maximum atomic E-state index is 12.6. The number of pyridine rings is 1. The maximum Gasteiger partial charge on any atom is 0.307 e. The molecule has 9 nitrogen and oxygen atoms in total. The van der Waals surface area contributed by atoms with E-state index in [-0.39, 0.29) is 24.6 Å². The molecule has 0 atom stereocenters. The molecule has 0 bridgehead atoms. The molecule has 10 heteroatoms. The summed E-state index contributed by atoms with van der Waals surface area (Å²) in [6.07, 6.45) is 7.27. The van der Waals surface area contributed by atoms with E-state index in [0.717, 1.165) is 63.5 Å². The fourth-order valence-electron chi connectivity index (χ4n) is 5.06. The van der Waals surface area contributed by atoms with Crippen molar-refractivity contribution in [3.8, 4) is 5.75 Å². The minimum Gasteiger partial charge on any atom is -0.494 e. The third-order valence-electron chi connectivity index (χ3n) is 7.59. The number of anilines is 1. The fourth-order valence-corrected chi connectivity index (χ4v) is 5.87. The normalized spacial score (nSPS) is 11.1. The Hall–Kier alpha value is -3.89. The highest BCUT2D eigenvalue weighted by molar-refractivity contribution is 7.17. The third kappa shape index (κ3) is 11.2.